The van der Waals surface area contributed by atoms with Crippen molar-refractivity contribution in [3.05, 3.63) is 53.3 Å². The van der Waals surface area contributed by atoms with Crippen LogP contribution in [0, 0.1) is 11.8 Å². The smallest absolute Gasteiger partial charge is 0.418 e. The van der Waals surface area contributed by atoms with Gasteiger partial charge in [-0.1, -0.05) is 11.8 Å². The molecule has 8 nitrogen and oxygen atoms in total. The molecule has 3 rings (SSSR count). The van der Waals surface area contributed by atoms with E-state index in [1.165, 1.54) is 37.4 Å². The molecule has 0 amide bonds. The van der Waals surface area contributed by atoms with Crippen LogP contribution in [0.25, 0.3) is 11.0 Å². The summed E-state index contributed by atoms with van der Waals surface area (Å²) in [6.45, 7) is 0.0452. The normalized spacial score (nSPS) is 12.5. The molecular weight excluding hydrogens is 491 g/mol. The van der Waals surface area contributed by atoms with E-state index < -0.39 is 33.7 Å². The van der Waals surface area contributed by atoms with Crippen molar-refractivity contribution in [2.24, 2.45) is 0 Å². The van der Waals surface area contributed by atoms with Crippen molar-refractivity contribution < 1.29 is 45.4 Å². The predicted octanol–water partition coefficient (Wildman–Crippen LogP) is 3.69. The van der Waals surface area contributed by atoms with Crippen molar-refractivity contribution in [3.8, 4) is 17.6 Å². The summed E-state index contributed by atoms with van der Waals surface area (Å²) in [4.78, 5) is 12.2. The molecule has 0 aliphatic rings. The summed E-state index contributed by atoms with van der Waals surface area (Å²) in [7, 11) is -0.949. The topological polar surface area (TPSA) is 115 Å². The minimum Gasteiger partial charge on any atom is -0.495 e. The van der Waals surface area contributed by atoms with Gasteiger partial charge in [0.25, 0.3) is 0 Å². The molecule has 0 aliphatic heterocycles. The minimum atomic E-state index is -4.94. The fraction of sp³-hybridized carbons (Fsp3) is 0.261. The number of hydrogen-bond donors (Lipinski definition) is 2. The van der Waals surface area contributed by atoms with E-state index in [9.17, 15) is 31.5 Å². The highest BCUT2D eigenvalue weighted by Crippen LogP contribution is 2.38. The minimum absolute atomic E-state index is 0.0452. The molecule has 0 bridgehead atoms. The molecule has 12 heteroatoms. The van der Waals surface area contributed by atoms with Crippen molar-refractivity contribution in [2.45, 2.75) is 17.2 Å². The number of halogens is 3. The highest BCUT2D eigenvalue weighted by molar-refractivity contribution is 7.90. The first-order chi connectivity index (χ1) is 16.4. The first-order valence-electron chi connectivity index (χ1n) is 9.86. The Balaban J connectivity index is 1.93. The second kappa shape index (κ2) is 9.89. The number of fused-ring (bicyclic) bond motifs is 1. The number of nitrogens with one attached hydrogen (secondary N) is 1. The lowest BCUT2D eigenvalue weighted by Crippen LogP contribution is -2.19. The Morgan fingerprint density at radius 3 is 2.54 bits per heavy atom. The number of carbonyl (C=O) groups excluding carboxylic acids is 1. The molecule has 1 atom stereocenters. The molecule has 0 saturated heterocycles. The number of sulfone groups is 1. The third kappa shape index (κ3) is 5.70. The van der Waals surface area contributed by atoms with Crippen molar-refractivity contribution in [1.82, 2.24) is 0 Å². The largest absolute Gasteiger partial charge is 0.495 e. The molecule has 2 aromatic carbocycles. The van der Waals surface area contributed by atoms with Crippen LogP contribution in [0.3, 0.4) is 0 Å². The number of aliphatic hydroxyl groups excluding tert-OH is 1. The van der Waals surface area contributed by atoms with Crippen LogP contribution in [0.2, 0.25) is 0 Å². The average Bonchev–Trinajstić information content (AvgIpc) is 3.22. The summed E-state index contributed by atoms with van der Waals surface area (Å²) in [6.07, 6.45) is -5.96. The quantitative estimate of drug-likeness (QED) is 0.381. The van der Waals surface area contributed by atoms with Crippen LogP contribution in [-0.4, -0.2) is 52.7 Å². The van der Waals surface area contributed by atoms with E-state index in [2.05, 4.69) is 21.9 Å². The lowest BCUT2D eigenvalue weighted by atomic mass is 10.0. The van der Waals surface area contributed by atoms with Crippen molar-refractivity contribution in [1.29, 1.82) is 0 Å². The Bertz CT molecular complexity index is 1430. The molecule has 2 N–H and O–H groups in total. The number of alkyl halides is 3. The lowest BCUT2D eigenvalue weighted by Gasteiger charge is -2.13. The van der Waals surface area contributed by atoms with Crippen LogP contribution < -0.4 is 10.1 Å². The number of hydrogen-bond acceptors (Lipinski definition) is 8. The third-order valence-corrected chi connectivity index (χ3v) is 6.02. The van der Waals surface area contributed by atoms with Crippen molar-refractivity contribution in [2.75, 3.05) is 32.3 Å². The van der Waals surface area contributed by atoms with Gasteiger partial charge < -0.3 is 24.3 Å². The van der Waals surface area contributed by atoms with E-state index in [0.29, 0.717) is 5.69 Å². The molecule has 0 spiro atoms. The highest BCUT2D eigenvalue weighted by atomic mass is 32.2. The third-order valence-electron chi connectivity index (χ3n) is 4.91. The number of rotatable bonds is 6. The highest BCUT2D eigenvalue weighted by Gasteiger charge is 2.41. The van der Waals surface area contributed by atoms with E-state index in [1.807, 2.05) is 0 Å². The Kier molecular flexibility index (Phi) is 7.33. The van der Waals surface area contributed by atoms with Crippen LogP contribution in [0.4, 0.5) is 18.9 Å². The lowest BCUT2D eigenvalue weighted by molar-refractivity contribution is -0.206. The second-order valence-electron chi connectivity index (χ2n) is 7.32. The summed E-state index contributed by atoms with van der Waals surface area (Å²) in [6, 6.07) is 6.83. The number of aliphatic hydroxyl groups is 1. The maximum Gasteiger partial charge on any atom is 0.418 e. The molecule has 1 unspecified atom stereocenters. The van der Waals surface area contributed by atoms with Crippen molar-refractivity contribution >= 4 is 32.5 Å². The maximum absolute atomic E-state index is 13.1. The number of ether oxygens (including phenoxy) is 2. The van der Waals surface area contributed by atoms with E-state index >= 15 is 0 Å². The molecule has 0 aliphatic carbocycles. The number of carbonyl (C=O) groups is 1. The van der Waals surface area contributed by atoms with Crippen LogP contribution in [0.15, 0.2) is 45.9 Å². The summed E-state index contributed by atoms with van der Waals surface area (Å²) >= 11 is 0. The van der Waals surface area contributed by atoms with Gasteiger partial charge in [-0.3, -0.25) is 0 Å². The average molecular weight is 511 g/mol. The molecule has 1 aromatic heterocycles. The number of furan rings is 1. The molecule has 1 heterocycles. The molecule has 0 fully saturated rings. The Morgan fingerprint density at radius 1 is 1.23 bits per heavy atom. The fourth-order valence-electron chi connectivity index (χ4n) is 3.21. The van der Waals surface area contributed by atoms with Crippen LogP contribution in [0.1, 0.15) is 27.6 Å². The Labute approximate surface area is 198 Å². The van der Waals surface area contributed by atoms with Gasteiger partial charge in [-0.15, -0.1) is 0 Å². The summed E-state index contributed by atoms with van der Waals surface area (Å²) in [5, 5.41) is 12.5. The number of benzene rings is 2. The molecule has 3 aromatic rings. The Morgan fingerprint density at radius 2 is 1.94 bits per heavy atom. The van der Waals surface area contributed by atoms with E-state index in [1.54, 1.807) is 0 Å². The maximum atomic E-state index is 13.1. The zero-order valence-corrected chi connectivity index (χ0v) is 19.5. The first kappa shape index (κ1) is 25.9. The molecule has 35 heavy (non-hydrogen) atoms. The number of methoxy groups -OCH3 is 2. The van der Waals surface area contributed by atoms with E-state index in [0.717, 1.165) is 19.6 Å². The molecule has 186 valence electrons. The van der Waals surface area contributed by atoms with Crippen LogP contribution in [0.5, 0.6) is 5.75 Å². The van der Waals surface area contributed by atoms with Gasteiger partial charge >= 0.3 is 12.1 Å². The summed E-state index contributed by atoms with van der Waals surface area (Å²) in [5.41, 5.74) is -0.244. The molecule has 0 saturated carbocycles. The van der Waals surface area contributed by atoms with Gasteiger partial charge in [0.15, 0.2) is 15.9 Å². The Hall–Kier alpha value is -3.69. The van der Waals surface area contributed by atoms with Gasteiger partial charge in [0, 0.05) is 28.8 Å². The monoisotopic (exact) mass is 511 g/mol. The van der Waals surface area contributed by atoms with Gasteiger partial charge in [-0.2, -0.15) is 13.2 Å². The zero-order chi connectivity index (χ0) is 26.0. The first-order valence-corrected chi connectivity index (χ1v) is 11.7. The zero-order valence-electron chi connectivity index (χ0n) is 18.7. The summed E-state index contributed by atoms with van der Waals surface area (Å²) < 4.78 is 77.6. The van der Waals surface area contributed by atoms with Gasteiger partial charge in [-0.05, 0) is 24.3 Å². The van der Waals surface area contributed by atoms with Gasteiger partial charge in [-0.25, -0.2) is 13.2 Å². The van der Waals surface area contributed by atoms with E-state index in [4.69, 9.17) is 9.15 Å². The van der Waals surface area contributed by atoms with Crippen molar-refractivity contribution in [3.63, 3.8) is 0 Å². The molecular formula is C23H20F3NO7S. The van der Waals surface area contributed by atoms with Gasteiger partial charge in [0.1, 0.15) is 16.9 Å². The SMILES string of the molecule is COC(=O)c1cc(C#CCNc2ccc(S(C)(=O)=O)cc2OC)cc2c(C(O)C(F)(F)F)coc12. The van der Waals surface area contributed by atoms with Gasteiger partial charge in [0.05, 0.1) is 37.6 Å². The van der Waals surface area contributed by atoms with Gasteiger partial charge in [0.2, 0.25) is 0 Å². The molecule has 0 radical (unpaired) electrons. The number of esters is 1. The second-order valence-corrected chi connectivity index (χ2v) is 9.33. The summed E-state index contributed by atoms with van der Waals surface area (Å²) in [5.74, 6) is 4.92. The van der Waals surface area contributed by atoms with E-state index in [-0.39, 0.29) is 39.3 Å². The van der Waals surface area contributed by atoms with Crippen LogP contribution >= 0.6 is 0 Å². The van der Waals surface area contributed by atoms with Crippen LogP contribution in [-0.2, 0) is 14.6 Å². The number of anilines is 1. The standard InChI is InChI=1S/C23H20F3NO7S/c1-32-19-11-14(35(3,30)31)6-7-18(19)27-8-4-5-13-9-15-17(21(28)23(24,25)26)12-34-20(15)16(10-13)22(29)33-2/h6-7,9-12,21,27-28H,8H2,1-3H3. The predicted molar refractivity (Wildman–Crippen MR) is 120 cm³/mol. The fourth-order valence-corrected chi connectivity index (χ4v) is 3.85.